The van der Waals surface area contributed by atoms with Crippen LogP contribution in [0.5, 0.6) is 0 Å². The van der Waals surface area contributed by atoms with Crippen LogP contribution in [0.4, 0.5) is 0 Å². The summed E-state index contributed by atoms with van der Waals surface area (Å²) >= 11 is 0. The summed E-state index contributed by atoms with van der Waals surface area (Å²) in [4.78, 5) is 18.0. The SMILES string of the molecule is CC(O)C1CCCCN1C(=O)/C=C/c1cccnc1. The molecule has 1 N–H and O–H groups in total. The number of hydrogen-bond donors (Lipinski definition) is 1. The molecule has 0 spiro atoms. The summed E-state index contributed by atoms with van der Waals surface area (Å²) in [5.74, 6) is -0.0329. The molecule has 0 aromatic carbocycles. The molecule has 0 bridgehead atoms. The Morgan fingerprint density at radius 1 is 1.58 bits per heavy atom. The molecule has 1 aliphatic heterocycles. The molecule has 1 aromatic heterocycles. The van der Waals surface area contributed by atoms with E-state index in [-0.39, 0.29) is 11.9 Å². The van der Waals surface area contributed by atoms with Crippen LogP contribution in [0.15, 0.2) is 30.6 Å². The molecule has 0 radical (unpaired) electrons. The molecular formula is C15H20N2O2. The van der Waals surface area contributed by atoms with Gasteiger partial charge in [-0.1, -0.05) is 6.07 Å². The van der Waals surface area contributed by atoms with Crippen LogP contribution in [0, 0.1) is 0 Å². The maximum atomic E-state index is 12.2. The fourth-order valence-electron chi connectivity index (χ4n) is 2.47. The van der Waals surface area contributed by atoms with Crippen LogP contribution in [-0.2, 0) is 4.79 Å². The number of carbonyl (C=O) groups is 1. The molecule has 4 nitrogen and oxygen atoms in total. The molecule has 2 rings (SSSR count). The second-order valence-corrected chi connectivity index (χ2v) is 4.96. The van der Waals surface area contributed by atoms with E-state index in [9.17, 15) is 9.90 Å². The van der Waals surface area contributed by atoms with Crippen LogP contribution in [-0.4, -0.2) is 39.6 Å². The normalized spacial score (nSPS) is 21.6. The lowest BCUT2D eigenvalue weighted by Gasteiger charge is -2.36. The summed E-state index contributed by atoms with van der Waals surface area (Å²) in [5, 5.41) is 9.75. The fourth-order valence-corrected chi connectivity index (χ4v) is 2.47. The van der Waals surface area contributed by atoms with E-state index in [0.717, 1.165) is 31.4 Å². The summed E-state index contributed by atoms with van der Waals surface area (Å²) in [5.41, 5.74) is 0.904. The minimum Gasteiger partial charge on any atom is -0.391 e. The third kappa shape index (κ3) is 3.64. The number of aliphatic hydroxyl groups is 1. The van der Waals surface area contributed by atoms with Crippen molar-refractivity contribution in [2.75, 3.05) is 6.54 Å². The summed E-state index contributed by atoms with van der Waals surface area (Å²) in [7, 11) is 0. The minimum absolute atomic E-state index is 0.0329. The zero-order valence-corrected chi connectivity index (χ0v) is 11.2. The molecule has 2 atom stereocenters. The number of nitrogens with zero attached hydrogens (tertiary/aromatic N) is 2. The van der Waals surface area contributed by atoms with Crippen molar-refractivity contribution in [3.8, 4) is 0 Å². The van der Waals surface area contributed by atoms with Crippen molar-refractivity contribution in [2.24, 2.45) is 0 Å². The van der Waals surface area contributed by atoms with E-state index >= 15 is 0 Å². The van der Waals surface area contributed by atoms with Crippen molar-refractivity contribution in [1.82, 2.24) is 9.88 Å². The van der Waals surface area contributed by atoms with Gasteiger partial charge in [0, 0.05) is 25.0 Å². The third-order valence-electron chi connectivity index (χ3n) is 3.49. The molecule has 2 heterocycles. The van der Waals surface area contributed by atoms with Crippen molar-refractivity contribution < 1.29 is 9.90 Å². The van der Waals surface area contributed by atoms with Gasteiger partial charge >= 0.3 is 0 Å². The molecule has 1 saturated heterocycles. The Morgan fingerprint density at radius 3 is 3.11 bits per heavy atom. The standard InChI is InChI=1S/C15H20N2O2/c1-12(18)14-6-2-3-10-17(14)15(19)8-7-13-5-4-9-16-11-13/h4-5,7-9,11-12,14,18H,2-3,6,10H2,1H3/b8-7+. The lowest BCUT2D eigenvalue weighted by Crippen LogP contribution is -2.48. The van der Waals surface area contributed by atoms with Crippen molar-refractivity contribution in [2.45, 2.75) is 38.3 Å². The Bertz CT molecular complexity index is 443. The predicted molar refractivity (Wildman–Crippen MR) is 74.3 cm³/mol. The van der Waals surface area contributed by atoms with E-state index in [4.69, 9.17) is 0 Å². The Labute approximate surface area is 113 Å². The van der Waals surface area contributed by atoms with Crippen molar-refractivity contribution in [1.29, 1.82) is 0 Å². The van der Waals surface area contributed by atoms with Gasteiger partial charge in [-0.3, -0.25) is 9.78 Å². The lowest BCUT2D eigenvalue weighted by atomic mass is 9.98. The van der Waals surface area contributed by atoms with E-state index < -0.39 is 6.10 Å². The highest BCUT2D eigenvalue weighted by atomic mass is 16.3. The van der Waals surface area contributed by atoms with Crippen LogP contribution in [0.25, 0.3) is 6.08 Å². The molecule has 1 aliphatic rings. The van der Waals surface area contributed by atoms with Gasteiger partial charge in [-0.05, 0) is 43.9 Å². The van der Waals surface area contributed by atoms with Gasteiger partial charge < -0.3 is 10.0 Å². The number of aromatic nitrogens is 1. The quantitative estimate of drug-likeness (QED) is 0.844. The molecule has 1 fully saturated rings. The number of pyridine rings is 1. The second-order valence-electron chi connectivity index (χ2n) is 4.96. The molecule has 1 aromatic rings. The largest absolute Gasteiger partial charge is 0.391 e. The van der Waals surface area contributed by atoms with Gasteiger partial charge in [-0.25, -0.2) is 0 Å². The number of hydrogen-bond acceptors (Lipinski definition) is 3. The summed E-state index contributed by atoms with van der Waals surface area (Å²) in [6.07, 6.45) is 9.24. The highest BCUT2D eigenvalue weighted by molar-refractivity contribution is 5.92. The van der Waals surface area contributed by atoms with Crippen LogP contribution in [0.3, 0.4) is 0 Å². The van der Waals surface area contributed by atoms with Crippen molar-refractivity contribution >= 4 is 12.0 Å². The zero-order valence-electron chi connectivity index (χ0n) is 11.2. The molecule has 4 heteroatoms. The van der Waals surface area contributed by atoms with Crippen LogP contribution < -0.4 is 0 Å². The first-order valence-corrected chi connectivity index (χ1v) is 6.75. The van der Waals surface area contributed by atoms with Gasteiger partial charge in [0.25, 0.3) is 0 Å². The second kappa shape index (κ2) is 6.48. The third-order valence-corrected chi connectivity index (χ3v) is 3.49. The molecular weight excluding hydrogens is 240 g/mol. The van der Waals surface area contributed by atoms with Gasteiger partial charge in [0.1, 0.15) is 0 Å². The summed E-state index contributed by atoms with van der Waals surface area (Å²) in [6, 6.07) is 3.68. The molecule has 19 heavy (non-hydrogen) atoms. The Kier molecular flexibility index (Phi) is 4.68. The molecule has 0 saturated carbocycles. The van der Waals surface area contributed by atoms with E-state index in [2.05, 4.69) is 4.98 Å². The number of amides is 1. The van der Waals surface area contributed by atoms with Gasteiger partial charge in [0.15, 0.2) is 0 Å². The van der Waals surface area contributed by atoms with Gasteiger partial charge in [0.2, 0.25) is 5.91 Å². The highest BCUT2D eigenvalue weighted by Gasteiger charge is 2.28. The predicted octanol–water partition coefficient (Wildman–Crippen LogP) is 1.86. The lowest BCUT2D eigenvalue weighted by molar-refractivity contribution is -0.132. The first kappa shape index (κ1) is 13.7. The van der Waals surface area contributed by atoms with E-state index in [1.54, 1.807) is 36.4 Å². The van der Waals surface area contributed by atoms with Crippen molar-refractivity contribution in [3.05, 3.63) is 36.2 Å². The smallest absolute Gasteiger partial charge is 0.246 e. The zero-order chi connectivity index (χ0) is 13.7. The first-order valence-electron chi connectivity index (χ1n) is 6.75. The van der Waals surface area contributed by atoms with E-state index in [1.165, 1.54) is 0 Å². The Balaban J connectivity index is 2.04. The highest BCUT2D eigenvalue weighted by Crippen LogP contribution is 2.20. The average molecular weight is 260 g/mol. The summed E-state index contributed by atoms with van der Waals surface area (Å²) in [6.45, 7) is 2.48. The number of aliphatic hydroxyl groups excluding tert-OH is 1. The maximum Gasteiger partial charge on any atom is 0.246 e. The molecule has 1 amide bonds. The van der Waals surface area contributed by atoms with Gasteiger partial charge in [-0.15, -0.1) is 0 Å². The fraction of sp³-hybridized carbons (Fsp3) is 0.467. The van der Waals surface area contributed by atoms with E-state index in [0.29, 0.717) is 0 Å². The number of carbonyl (C=O) groups excluding carboxylic acids is 1. The minimum atomic E-state index is -0.476. The molecule has 102 valence electrons. The first-order chi connectivity index (χ1) is 9.18. The van der Waals surface area contributed by atoms with Crippen LogP contribution in [0.2, 0.25) is 0 Å². The topological polar surface area (TPSA) is 53.4 Å². The summed E-state index contributed by atoms with van der Waals surface area (Å²) < 4.78 is 0. The van der Waals surface area contributed by atoms with Crippen LogP contribution in [0.1, 0.15) is 31.7 Å². The van der Waals surface area contributed by atoms with Gasteiger partial charge in [-0.2, -0.15) is 0 Å². The molecule has 2 unspecified atom stereocenters. The Hall–Kier alpha value is -1.68. The average Bonchev–Trinajstić information content (AvgIpc) is 2.46. The number of likely N-dealkylation sites (tertiary alicyclic amines) is 1. The van der Waals surface area contributed by atoms with Crippen molar-refractivity contribution in [3.63, 3.8) is 0 Å². The van der Waals surface area contributed by atoms with Gasteiger partial charge in [0.05, 0.1) is 12.1 Å². The number of piperidine rings is 1. The molecule has 0 aliphatic carbocycles. The maximum absolute atomic E-state index is 12.2. The Morgan fingerprint density at radius 2 is 2.42 bits per heavy atom. The van der Waals surface area contributed by atoms with Crippen LogP contribution >= 0.6 is 0 Å². The number of rotatable bonds is 3. The monoisotopic (exact) mass is 260 g/mol. The van der Waals surface area contributed by atoms with E-state index in [1.807, 2.05) is 12.1 Å².